The number of carbonyl (C=O) groups is 2. The van der Waals surface area contributed by atoms with E-state index < -0.39 is 12.1 Å². The van der Waals surface area contributed by atoms with E-state index in [2.05, 4.69) is 10.6 Å². The number of urea groups is 1. The van der Waals surface area contributed by atoms with Gasteiger partial charge in [0.15, 0.2) is 0 Å². The number of carbonyl (C=O) groups excluding carboxylic acids is 2. The third-order valence-corrected chi connectivity index (χ3v) is 3.87. The lowest BCUT2D eigenvalue weighted by Gasteiger charge is -2.27. The molecule has 2 atom stereocenters. The first-order valence-corrected chi connectivity index (χ1v) is 7.82. The number of phenols is 1. The monoisotopic (exact) mass is 321 g/mol. The van der Waals surface area contributed by atoms with E-state index in [1.807, 2.05) is 6.92 Å². The summed E-state index contributed by atoms with van der Waals surface area (Å²) in [6.07, 6.45) is 0.510. The summed E-state index contributed by atoms with van der Waals surface area (Å²) in [5.74, 6) is -0.259. The number of aliphatic hydroxyl groups excluding tert-OH is 1. The molecule has 2 rings (SSSR count). The maximum Gasteiger partial charge on any atom is 0.317 e. The minimum atomic E-state index is -0.699. The normalized spacial score (nSPS) is 21.4. The fourth-order valence-electron chi connectivity index (χ4n) is 2.60. The number of nitrogens with one attached hydrogen (secondary N) is 2. The molecule has 126 valence electrons. The van der Waals surface area contributed by atoms with Gasteiger partial charge in [-0.1, -0.05) is 0 Å². The zero-order valence-corrected chi connectivity index (χ0v) is 13.2. The highest BCUT2D eigenvalue weighted by Crippen LogP contribution is 2.14. The SMILES string of the molecule is CCNC(=O)N1CCCC(O)C(NC(=O)c2ccc(O)cc2)C1. The Bertz CT molecular complexity index is 547. The van der Waals surface area contributed by atoms with Crippen LogP contribution in [0.4, 0.5) is 4.79 Å². The van der Waals surface area contributed by atoms with Crippen molar-refractivity contribution in [2.24, 2.45) is 0 Å². The third kappa shape index (κ3) is 4.59. The van der Waals surface area contributed by atoms with Gasteiger partial charge in [-0.2, -0.15) is 0 Å². The molecule has 0 spiro atoms. The minimum absolute atomic E-state index is 0.0819. The van der Waals surface area contributed by atoms with Gasteiger partial charge in [0.05, 0.1) is 12.1 Å². The van der Waals surface area contributed by atoms with Crippen LogP contribution in [0.5, 0.6) is 5.75 Å². The second-order valence-electron chi connectivity index (χ2n) is 5.62. The summed E-state index contributed by atoms with van der Waals surface area (Å²) in [5.41, 5.74) is 0.392. The van der Waals surface area contributed by atoms with Crippen LogP contribution in [0.2, 0.25) is 0 Å². The van der Waals surface area contributed by atoms with Crippen molar-refractivity contribution in [1.29, 1.82) is 0 Å². The van der Waals surface area contributed by atoms with Crippen LogP contribution >= 0.6 is 0 Å². The molecular weight excluding hydrogens is 298 g/mol. The van der Waals surface area contributed by atoms with Gasteiger partial charge in [0.25, 0.3) is 5.91 Å². The van der Waals surface area contributed by atoms with Crippen molar-refractivity contribution in [1.82, 2.24) is 15.5 Å². The molecule has 23 heavy (non-hydrogen) atoms. The molecule has 3 amide bonds. The molecule has 1 aliphatic heterocycles. The standard InChI is InChI=1S/C16H23N3O4/c1-2-17-16(23)19-9-3-4-14(21)13(10-19)18-15(22)11-5-7-12(20)8-6-11/h5-8,13-14,20-21H,2-4,9-10H2,1H3,(H,17,23)(H,18,22). The average molecular weight is 321 g/mol. The lowest BCUT2D eigenvalue weighted by atomic mass is 10.1. The summed E-state index contributed by atoms with van der Waals surface area (Å²) in [7, 11) is 0. The Labute approximate surface area is 135 Å². The molecule has 1 heterocycles. The number of benzene rings is 1. The summed E-state index contributed by atoms with van der Waals surface area (Å²) in [6, 6.07) is 5.16. The quantitative estimate of drug-likeness (QED) is 0.657. The van der Waals surface area contributed by atoms with Gasteiger partial charge in [-0.05, 0) is 44.0 Å². The van der Waals surface area contributed by atoms with Gasteiger partial charge in [0.2, 0.25) is 0 Å². The zero-order valence-electron chi connectivity index (χ0n) is 13.2. The van der Waals surface area contributed by atoms with Gasteiger partial charge in [-0.25, -0.2) is 4.79 Å². The zero-order chi connectivity index (χ0) is 16.8. The largest absolute Gasteiger partial charge is 0.508 e. The first-order chi connectivity index (χ1) is 11.0. The van der Waals surface area contributed by atoms with Gasteiger partial charge in [0, 0.05) is 25.2 Å². The Kier molecular flexibility index (Phi) is 5.81. The van der Waals surface area contributed by atoms with Crippen LogP contribution in [-0.2, 0) is 0 Å². The smallest absolute Gasteiger partial charge is 0.317 e. The summed E-state index contributed by atoms with van der Waals surface area (Å²) in [6.45, 7) is 3.18. The number of nitrogens with zero attached hydrogens (tertiary/aromatic N) is 1. The third-order valence-electron chi connectivity index (χ3n) is 3.87. The highest BCUT2D eigenvalue weighted by molar-refractivity contribution is 5.94. The molecule has 1 fully saturated rings. The van der Waals surface area contributed by atoms with E-state index in [1.54, 1.807) is 4.90 Å². The highest BCUT2D eigenvalue weighted by Gasteiger charge is 2.29. The van der Waals surface area contributed by atoms with Crippen molar-refractivity contribution >= 4 is 11.9 Å². The molecule has 1 aliphatic rings. The van der Waals surface area contributed by atoms with E-state index in [-0.39, 0.29) is 24.2 Å². The molecule has 7 heteroatoms. The van der Waals surface area contributed by atoms with Crippen LogP contribution in [0.15, 0.2) is 24.3 Å². The van der Waals surface area contributed by atoms with Crippen LogP contribution in [-0.4, -0.2) is 58.8 Å². The Hall–Kier alpha value is -2.28. The van der Waals surface area contributed by atoms with Crippen LogP contribution in [0, 0.1) is 0 Å². The summed E-state index contributed by atoms with van der Waals surface area (Å²) in [5, 5.41) is 25.0. The van der Waals surface area contributed by atoms with Crippen molar-refractivity contribution in [2.75, 3.05) is 19.6 Å². The van der Waals surface area contributed by atoms with Crippen LogP contribution in [0.1, 0.15) is 30.1 Å². The van der Waals surface area contributed by atoms with Crippen LogP contribution in [0.25, 0.3) is 0 Å². The predicted molar refractivity (Wildman–Crippen MR) is 85.2 cm³/mol. The van der Waals surface area contributed by atoms with Crippen LogP contribution in [0.3, 0.4) is 0 Å². The number of amides is 3. The lowest BCUT2D eigenvalue weighted by Crippen LogP contribution is -2.51. The number of rotatable bonds is 3. The van der Waals surface area contributed by atoms with E-state index in [4.69, 9.17) is 0 Å². The fraction of sp³-hybridized carbons (Fsp3) is 0.500. The first-order valence-electron chi connectivity index (χ1n) is 7.82. The van der Waals surface area contributed by atoms with Gasteiger partial charge in [-0.15, -0.1) is 0 Å². The van der Waals surface area contributed by atoms with Gasteiger partial charge >= 0.3 is 6.03 Å². The molecule has 4 N–H and O–H groups in total. The van der Waals surface area contributed by atoms with Crippen molar-refractivity contribution in [2.45, 2.75) is 31.9 Å². The molecule has 2 unspecified atom stereocenters. The van der Waals surface area contributed by atoms with Gasteiger partial charge in [0.1, 0.15) is 5.75 Å². The summed E-state index contributed by atoms with van der Waals surface area (Å²) in [4.78, 5) is 25.9. The molecule has 0 radical (unpaired) electrons. The maximum absolute atomic E-state index is 12.3. The van der Waals surface area contributed by atoms with Crippen molar-refractivity contribution in [3.8, 4) is 5.75 Å². The number of phenolic OH excluding ortho intramolecular Hbond substituents is 1. The van der Waals surface area contributed by atoms with Gasteiger partial charge in [-0.3, -0.25) is 4.79 Å². The highest BCUT2D eigenvalue weighted by atomic mass is 16.3. The number of hydrogen-bond donors (Lipinski definition) is 4. The Balaban J connectivity index is 2.04. The molecule has 1 saturated heterocycles. The molecule has 0 bridgehead atoms. The van der Waals surface area contributed by atoms with E-state index >= 15 is 0 Å². The van der Waals surface area contributed by atoms with Crippen molar-refractivity contribution in [3.05, 3.63) is 29.8 Å². The van der Waals surface area contributed by atoms with Crippen molar-refractivity contribution < 1.29 is 19.8 Å². The number of hydrogen-bond acceptors (Lipinski definition) is 4. The van der Waals surface area contributed by atoms with Crippen LogP contribution < -0.4 is 10.6 Å². The molecule has 0 saturated carbocycles. The molecule has 0 aromatic heterocycles. The average Bonchev–Trinajstić information content (AvgIpc) is 2.70. The molecule has 1 aromatic rings. The summed E-state index contributed by atoms with van der Waals surface area (Å²) < 4.78 is 0. The molecule has 1 aromatic carbocycles. The molecular formula is C16H23N3O4. The van der Waals surface area contributed by atoms with Gasteiger partial charge < -0.3 is 25.7 Å². The summed E-state index contributed by atoms with van der Waals surface area (Å²) >= 11 is 0. The van der Waals surface area contributed by atoms with E-state index in [9.17, 15) is 19.8 Å². The number of likely N-dealkylation sites (tertiary alicyclic amines) is 1. The van der Waals surface area contributed by atoms with Crippen molar-refractivity contribution in [3.63, 3.8) is 0 Å². The Morgan fingerprint density at radius 1 is 1.30 bits per heavy atom. The molecule has 0 aliphatic carbocycles. The number of aromatic hydroxyl groups is 1. The first kappa shape index (κ1) is 17.1. The fourth-order valence-corrected chi connectivity index (χ4v) is 2.60. The molecule has 7 nitrogen and oxygen atoms in total. The maximum atomic E-state index is 12.3. The minimum Gasteiger partial charge on any atom is -0.508 e. The Morgan fingerprint density at radius 3 is 2.65 bits per heavy atom. The second kappa shape index (κ2) is 7.82. The number of aliphatic hydroxyl groups is 1. The second-order valence-corrected chi connectivity index (χ2v) is 5.62. The lowest BCUT2D eigenvalue weighted by molar-refractivity contribution is 0.0809. The van der Waals surface area contributed by atoms with E-state index in [0.29, 0.717) is 31.5 Å². The van der Waals surface area contributed by atoms with E-state index in [1.165, 1.54) is 24.3 Å². The topological polar surface area (TPSA) is 102 Å². The predicted octanol–water partition coefficient (Wildman–Crippen LogP) is 0.677. The van der Waals surface area contributed by atoms with E-state index in [0.717, 1.165) is 0 Å². The Morgan fingerprint density at radius 2 is 2.00 bits per heavy atom.